The molecule has 0 unspecified atom stereocenters. The van der Waals surface area contributed by atoms with E-state index >= 15 is 0 Å². The van der Waals surface area contributed by atoms with Crippen molar-refractivity contribution in [2.45, 2.75) is 6.42 Å². The van der Waals surface area contributed by atoms with E-state index in [-0.39, 0.29) is 0 Å². The fourth-order valence-electron chi connectivity index (χ4n) is 0.875. The molecule has 1 aliphatic rings. The van der Waals surface area contributed by atoms with Gasteiger partial charge in [-0.2, -0.15) is 0 Å². The van der Waals surface area contributed by atoms with Gasteiger partial charge in [-0.25, -0.2) is 14.6 Å². The number of benzene rings is 1. The van der Waals surface area contributed by atoms with E-state index in [4.69, 9.17) is 5.11 Å². The molecule has 4 nitrogen and oxygen atoms in total. The van der Waals surface area contributed by atoms with Gasteiger partial charge in [0.15, 0.2) is 0 Å². The summed E-state index contributed by atoms with van der Waals surface area (Å²) in [5.41, 5.74) is 0.331. The smallest absolute Gasteiger partial charge is 0.335 e. The van der Waals surface area contributed by atoms with Crippen molar-refractivity contribution in [2.24, 2.45) is 0 Å². The Labute approximate surface area is 82.0 Å². The molecule has 0 atom stereocenters. The molecule has 1 fully saturated rings. The van der Waals surface area contributed by atoms with Crippen molar-refractivity contribution in [3.63, 3.8) is 0 Å². The molecule has 4 heteroatoms. The van der Waals surface area contributed by atoms with Gasteiger partial charge in [-0.05, 0) is 12.1 Å². The molecule has 0 bridgehead atoms. The Kier molecular flexibility index (Phi) is 4.68. The Balaban J connectivity index is 0.000000165. The summed E-state index contributed by atoms with van der Waals surface area (Å²) in [6.45, 7) is 1.56. The highest BCUT2D eigenvalue weighted by Gasteiger charge is 1.96. The minimum absolute atomic E-state index is 0.331. The van der Waals surface area contributed by atoms with Crippen LogP contribution in [0.25, 0.3) is 0 Å². The number of hydrogen-bond donors (Lipinski definition) is 1. The molecule has 1 saturated heterocycles. The van der Waals surface area contributed by atoms with Gasteiger partial charge in [0, 0.05) is 6.42 Å². The van der Waals surface area contributed by atoms with Crippen molar-refractivity contribution in [2.75, 3.05) is 13.2 Å². The van der Waals surface area contributed by atoms with E-state index in [1.165, 1.54) is 0 Å². The van der Waals surface area contributed by atoms with Gasteiger partial charge in [0.25, 0.3) is 0 Å². The van der Waals surface area contributed by atoms with Gasteiger partial charge in [0.1, 0.15) is 0 Å². The summed E-state index contributed by atoms with van der Waals surface area (Å²) in [7, 11) is 0. The topological polar surface area (TPSA) is 55.8 Å². The molecule has 1 aromatic rings. The molecule has 1 N–H and O–H groups in total. The highest BCUT2D eigenvalue weighted by atomic mass is 17.2. The van der Waals surface area contributed by atoms with Crippen LogP contribution in [-0.2, 0) is 9.78 Å². The maximum absolute atomic E-state index is 10.2. The van der Waals surface area contributed by atoms with Crippen molar-refractivity contribution in [3.05, 3.63) is 35.9 Å². The highest BCUT2D eigenvalue weighted by Crippen LogP contribution is 1.96. The lowest BCUT2D eigenvalue weighted by molar-refractivity contribution is -0.248. The van der Waals surface area contributed by atoms with Crippen LogP contribution in [0.15, 0.2) is 30.3 Å². The zero-order chi connectivity index (χ0) is 10.2. The van der Waals surface area contributed by atoms with Crippen LogP contribution in [0.5, 0.6) is 0 Å². The minimum atomic E-state index is -0.879. The lowest BCUT2D eigenvalue weighted by Crippen LogP contribution is -1.93. The third-order valence-corrected chi connectivity index (χ3v) is 1.56. The maximum Gasteiger partial charge on any atom is 0.335 e. The van der Waals surface area contributed by atoms with Crippen LogP contribution < -0.4 is 0 Å². The first-order valence-electron chi connectivity index (χ1n) is 4.33. The molecular weight excluding hydrogens is 184 g/mol. The molecule has 1 aromatic carbocycles. The monoisotopic (exact) mass is 196 g/mol. The van der Waals surface area contributed by atoms with Gasteiger partial charge in [-0.15, -0.1) is 0 Å². The Bertz CT molecular complexity index is 259. The summed E-state index contributed by atoms with van der Waals surface area (Å²) >= 11 is 0. The number of carboxylic acid groups (broad SMARTS) is 1. The van der Waals surface area contributed by atoms with Gasteiger partial charge in [-0.3, -0.25) is 0 Å². The van der Waals surface area contributed by atoms with Gasteiger partial charge in [0.05, 0.1) is 18.8 Å². The van der Waals surface area contributed by atoms with Gasteiger partial charge in [-0.1, -0.05) is 18.2 Å². The first kappa shape index (κ1) is 10.7. The van der Waals surface area contributed by atoms with E-state index in [9.17, 15) is 4.79 Å². The summed E-state index contributed by atoms with van der Waals surface area (Å²) < 4.78 is 0. The van der Waals surface area contributed by atoms with Crippen molar-refractivity contribution in [1.82, 2.24) is 0 Å². The van der Waals surface area contributed by atoms with Crippen molar-refractivity contribution in [3.8, 4) is 0 Å². The molecule has 14 heavy (non-hydrogen) atoms. The van der Waals surface area contributed by atoms with Crippen LogP contribution in [0.2, 0.25) is 0 Å². The Morgan fingerprint density at radius 1 is 1.14 bits per heavy atom. The molecule has 0 aromatic heterocycles. The van der Waals surface area contributed by atoms with Gasteiger partial charge in [0.2, 0.25) is 0 Å². The zero-order valence-electron chi connectivity index (χ0n) is 7.68. The lowest BCUT2D eigenvalue weighted by atomic mass is 10.2. The molecule has 0 radical (unpaired) electrons. The van der Waals surface area contributed by atoms with Crippen LogP contribution >= 0.6 is 0 Å². The van der Waals surface area contributed by atoms with Crippen molar-refractivity contribution < 1.29 is 19.7 Å². The van der Waals surface area contributed by atoms with Gasteiger partial charge < -0.3 is 5.11 Å². The first-order valence-corrected chi connectivity index (χ1v) is 4.33. The number of carboxylic acids is 1. The average molecular weight is 196 g/mol. The van der Waals surface area contributed by atoms with Crippen LogP contribution in [0, 0.1) is 0 Å². The summed E-state index contributed by atoms with van der Waals surface area (Å²) in [6, 6.07) is 8.30. The van der Waals surface area contributed by atoms with Crippen LogP contribution in [0.1, 0.15) is 16.8 Å². The number of hydrogen-bond acceptors (Lipinski definition) is 3. The lowest BCUT2D eigenvalue weighted by Gasteiger charge is -1.88. The first-order chi connectivity index (χ1) is 6.80. The average Bonchev–Trinajstić information content (AvgIpc) is 2.77. The van der Waals surface area contributed by atoms with Crippen LogP contribution in [-0.4, -0.2) is 24.3 Å². The second-order valence-electron chi connectivity index (χ2n) is 2.67. The second-order valence-corrected chi connectivity index (χ2v) is 2.67. The van der Waals surface area contributed by atoms with E-state index < -0.39 is 5.97 Å². The summed E-state index contributed by atoms with van der Waals surface area (Å²) in [6.07, 6.45) is 1.06. The normalized spacial score (nSPS) is 14.3. The largest absolute Gasteiger partial charge is 0.478 e. The number of rotatable bonds is 1. The maximum atomic E-state index is 10.2. The van der Waals surface area contributed by atoms with E-state index in [2.05, 4.69) is 9.78 Å². The molecule has 0 saturated carbocycles. The van der Waals surface area contributed by atoms with Crippen molar-refractivity contribution in [1.29, 1.82) is 0 Å². The van der Waals surface area contributed by atoms with Crippen molar-refractivity contribution >= 4 is 5.97 Å². The quantitative estimate of drug-likeness (QED) is 0.695. The SMILES string of the molecule is C1COOC1.O=C(O)c1ccccc1. The molecular formula is C10H12O4. The van der Waals surface area contributed by atoms with E-state index in [0.717, 1.165) is 19.6 Å². The minimum Gasteiger partial charge on any atom is -0.478 e. The third-order valence-electron chi connectivity index (χ3n) is 1.56. The molecule has 0 amide bonds. The molecule has 2 rings (SSSR count). The summed E-state index contributed by atoms with van der Waals surface area (Å²) in [5, 5.41) is 8.38. The van der Waals surface area contributed by atoms with Crippen LogP contribution in [0.3, 0.4) is 0 Å². The van der Waals surface area contributed by atoms with Gasteiger partial charge >= 0.3 is 5.97 Å². The molecule has 1 aliphatic heterocycles. The Morgan fingerprint density at radius 3 is 2.00 bits per heavy atom. The summed E-state index contributed by atoms with van der Waals surface area (Å²) in [5.74, 6) is -0.879. The van der Waals surface area contributed by atoms with E-state index in [1.54, 1.807) is 30.3 Å². The summed E-state index contributed by atoms with van der Waals surface area (Å²) in [4.78, 5) is 19.1. The number of aromatic carboxylic acids is 1. The Morgan fingerprint density at radius 2 is 1.71 bits per heavy atom. The Hall–Kier alpha value is -1.39. The number of carbonyl (C=O) groups is 1. The zero-order valence-corrected chi connectivity index (χ0v) is 7.68. The van der Waals surface area contributed by atoms with E-state index in [1.807, 2.05) is 0 Å². The predicted molar refractivity (Wildman–Crippen MR) is 49.9 cm³/mol. The fourth-order valence-corrected chi connectivity index (χ4v) is 0.875. The molecule has 0 aliphatic carbocycles. The fraction of sp³-hybridized carbons (Fsp3) is 0.300. The van der Waals surface area contributed by atoms with Crippen LogP contribution in [0.4, 0.5) is 0 Å². The standard InChI is InChI=1S/C7H6O2.C3H6O2/c8-7(9)6-4-2-1-3-5-6;1-2-4-5-3-1/h1-5H,(H,8,9);1-3H2. The third kappa shape index (κ3) is 4.02. The molecule has 1 heterocycles. The predicted octanol–water partition coefficient (Wildman–Crippen LogP) is 1.72. The highest BCUT2D eigenvalue weighted by molar-refractivity contribution is 5.87. The van der Waals surface area contributed by atoms with E-state index in [0.29, 0.717) is 5.56 Å². The molecule has 76 valence electrons. The molecule has 0 spiro atoms. The second kappa shape index (κ2) is 6.12.